The monoisotopic (exact) mass is 356 g/mol. The second-order valence-electron chi connectivity index (χ2n) is 4.55. The Morgan fingerprint density at radius 3 is 2.57 bits per heavy atom. The molecule has 0 aromatic heterocycles. The van der Waals surface area contributed by atoms with E-state index in [1.54, 1.807) is 6.07 Å². The van der Waals surface area contributed by atoms with Gasteiger partial charge in [-0.25, -0.2) is 0 Å². The summed E-state index contributed by atoms with van der Waals surface area (Å²) < 4.78 is 45.7. The molecule has 0 saturated carbocycles. The number of nitrogens with one attached hydrogen (secondary N) is 1. The number of carbonyl (C=O) groups excluding carboxylic acids is 1. The Morgan fingerprint density at radius 1 is 1.35 bits per heavy atom. The zero-order chi connectivity index (χ0) is 16.6. The third-order valence-electron chi connectivity index (χ3n) is 2.92. The Hall–Kier alpha value is -1.51. The summed E-state index contributed by atoms with van der Waals surface area (Å²) in [5.74, 6) is -0.535. The molecule has 1 unspecified atom stereocenters. The first-order valence-electron chi connectivity index (χ1n) is 6.69. The molecule has 5 nitrogen and oxygen atoms in total. The highest BCUT2D eigenvalue weighted by atomic mass is 35.5. The largest absolute Gasteiger partial charge is 0.573 e. The zero-order valence-corrected chi connectivity index (χ0v) is 13.4. The number of hydrogen-bond acceptors (Lipinski definition) is 4. The van der Waals surface area contributed by atoms with Gasteiger partial charge in [0.15, 0.2) is 0 Å². The predicted octanol–water partition coefficient (Wildman–Crippen LogP) is 2.03. The molecule has 1 aromatic rings. The van der Waals surface area contributed by atoms with Crippen LogP contribution in [0.2, 0.25) is 0 Å². The van der Waals surface area contributed by atoms with Crippen LogP contribution in [-0.2, 0) is 16.0 Å². The van der Waals surface area contributed by atoms with Crippen molar-refractivity contribution >= 4 is 18.3 Å². The molecule has 0 bridgehead atoms. The molecule has 1 amide bonds. The average molecular weight is 357 g/mol. The minimum Gasteiger partial charge on any atom is -0.406 e. The van der Waals surface area contributed by atoms with Crippen LogP contribution >= 0.6 is 12.4 Å². The lowest BCUT2D eigenvalue weighted by molar-refractivity contribution is -0.274. The molecular weight excluding hydrogens is 337 g/mol. The van der Waals surface area contributed by atoms with Gasteiger partial charge >= 0.3 is 6.36 Å². The molecule has 1 aromatic carbocycles. The van der Waals surface area contributed by atoms with Crippen molar-refractivity contribution in [2.45, 2.75) is 25.3 Å². The van der Waals surface area contributed by atoms with Crippen molar-refractivity contribution in [1.29, 1.82) is 0 Å². The van der Waals surface area contributed by atoms with Crippen molar-refractivity contribution in [1.82, 2.24) is 5.32 Å². The van der Waals surface area contributed by atoms with Gasteiger partial charge in [0.05, 0.1) is 12.5 Å². The summed E-state index contributed by atoms with van der Waals surface area (Å²) in [5, 5.41) is 2.61. The number of methoxy groups -OCH3 is 1. The van der Waals surface area contributed by atoms with Gasteiger partial charge in [-0.3, -0.25) is 4.79 Å². The molecule has 0 heterocycles. The zero-order valence-electron chi connectivity index (χ0n) is 12.6. The van der Waals surface area contributed by atoms with E-state index in [2.05, 4.69) is 10.1 Å². The molecule has 0 saturated heterocycles. The van der Waals surface area contributed by atoms with Crippen LogP contribution in [0.15, 0.2) is 24.3 Å². The van der Waals surface area contributed by atoms with Crippen molar-refractivity contribution in [2.24, 2.45) is 5.73 Å². The highest BCUT2D eigenvalue weighted by Crippen LogP contribution is 2.26. The van der Waals surface area contributed by atoms with Crippen LogP contribution in [0.25, 0.3) is 0 Å². The van der Waals surface area contributed by atoms with Gasteiger partial charge in [-0.15, -0.1) is 25.6 Å². The summed E-state index contributed by atoms with van der Waals surface area (Å²) in [6.45, 7) is 0.407. The number of halogens is 4. The second-order valence-corrected chi connectivity index (χ2v) is 4.55. The molecule has 3 N–H and O–H groups in total. The van der Waals surface area contributed by atoms with E-state index < -0.39 is 6.36 Å². The summed E-state index contributed by atoms with van der Waals surface area (Å²) >= 11 is 0. The van der Waals surface area contributed by atoms with Crippen LogP contribution in [0.1, 0.15) is 12.0 Å². The molecule has 23 heavy (non-hydrogen) atoms. The first-order valence-corrected chi connectivity index (χ1v) is 6.69. The van der Waals surface area contributed by atoms with Crippen molar-refractivity contribution in [3.05, 3.63) is 29.8 Å². The number of amides is 1. The van der Waals surface area contributed by atoms with Crippen LogP contribution in [0.5, 0.6) is 5.75 Å². The summed E-state index contributed by atoms with van der Waals surface area (Å²) in [4.78, 5) is 11.6. The van der Waals surface area contributed by atoms with Crippen LogP contribution in [0.3, 0.4) is 0 Å². The quantitative estimate of drug-likeness (QED) is 0.747. The summed E-state index contributed by atoms with van der Waals surface area (Å²) in [6.07, 6.45) is -4.79. The number of alkyl halides is 3. The molecule has 0 aliphatic carbocycles. The number of para-hydroxylation sites is 1. The van der Waals surface area contributed by atoms with Crippen LogP contribution in [-0.4, -0.2) is 38.6 Å². The summed E-state index contributed by atoms with van der Waals surface area (Å²) in [6, 6.07) is 5.81. The smallest absolute Gasteiger partial charge is 0.406 e. The molecule has 0 aliphatic heterocycles. The van der Waals surface area contributed by atoms with E-state index in [0.29, 0.717) is 5.56 Å². The summed E-state index contributed by atoms with van der Waals surface area (Å²) in [5.41, 5.74) is 5.77. The topological polar surface area (TPSA) is 73.6 Å². The maximum Gasteiger partial charge on any atom is 0.573 e. The number of carbonyl (C=O) groups is 1. The lowest BCUT2D eigenvalue weighted by Crippen LogP contribution is -2.33. The maximum atomic E-state index is 12.3. The normalized spacial score (nSPS) is 12.2. The minimum absolute atomic E-state index is 0. The van der Waals surface area contributed by atoms with Gasteiger partial charge in [0, 0.05) is 20.2 Å². The molecule has 132 valence electrons. The van der Waals surface area contributed by atoms with Gasteiger partial charge in [0.2, 0.25) is 5.91 Å². The maximum absolute atomic E-state index is 12.3. The molecule has 1 atom stereocenters. The molecular formula is C14H20ClF3N2O3. The van der Waals surface area contributed by atoms with Gasteiger partial charge in [0.1, 0.15) is 5.75 Å². The van der Waals surface area contributed by atoms with Gasteiger partial charge in [-0.05, 0) is 18.1 Å². The third kappa shape index (κ3) is 8.63. The number of hydrogen-bond donors (Lipinski definition) is 2. The van der Waals surface area contributed by atoms with Crippen molar-refractivity contribution in [3.8, 4) is 5.75 Å². The predicted molar refractivity (Wildman–Crippen MR) is 81.6 cm³/mol. The fraction of sp³-hybridized carbons (Fsp3) is 0.500. The fourth-order valence-corrected chi connectivity index (χ4v) is 1.81. The lowest BCUT2D eigenvalue weighted by atomic mass is 10.1. The van der Waals surface area contributed by atoms with Crippen molar-refractivity contribution < 1.29 is 27.4 Å². The Balaban J connectivity index is 0.00000484. The number of rotatable bonds is 8. The number of nitrogens with two attached hydrogens (primary N) is 1. The first-order chi connectivity index (χ1) is 10.4. The standard InChI is InChI=1S/C14H19F3N2O3.ClH/c1-21-11(9-18)8-13(20)19-7-6-10-4-2-3-5-12(10)22-14(15,16)17;/h2-5,11H,6-9,18H2,1H3,(H,19,20);1H. The Kier molecular flexibility index (Phi) is 9.62. The van der Waals surface area contributed by atoms with E-state index in [0.717, 1.165) is 0 Å². The van der Waals surface area contributed by atoms with Crippen molar-refractivity contribution in [3.63, 3.8) is 0 Å². The highest BCUT2D eigenvalue weighted by Gasteiger charge is 2.31. The highest BCUT2D eigenvalue weighted by molar-refractivity contribution is 5.85. The Labute approximate surface area is 138 Å². The van der Waals surface area contributed by atoms with E-state index in [9.17, 15) is 18.0 Å². The van der Waals surface area contributed by atoms with E-state index in [1.165, 1.54) is 25.3 Å². The van der Waals surface area contributed by atoms with Crippen LogP contribution in [0.4, 0.5) is 13.2 Å². The van der Waals surface area contributed by atoms with E-state index in [4.69, 9.17) is 10.5 Å². The molecule has 0 aliphatic rings. The van der Waals surface area contributed by atoms with Gasteiger partial charge in [0.25, 0.3) is 0 Å². The van der Waals surface area contributed by atoms with Crippen LogP contribution in [0, 0.1) is 0 Å². The molecule has 0 spiro atoms. The van der Waals surface area contributed by atoms with E-state index in [-0.39, 0.29) is 56.1 Å². The average Bonchev–Trinajstić information content (AvgIpc) is 2.45. The molecule has 0 fully saturated rings. The fourth-order valence-electron chi connectivity index (χ4n) is 1.81. The summed E-state index contributed by atoms with van der Waals surface area (Å²) in [7, 11) is 1.45. The minimum atomic E-state index is -4.74. The van der Waals surface area contributed by atoms with E-state index >= 15 is 0 Å². The molecule has 1 rings (SSSR count). The lowest BCUT2D eigenvalue weighted by Gasteiger charge is -2.14. The third-order valence-corrected chi connectivity index (χ3v) is 2.92. The van der Waals surface area contributed by atoms with Crippen molar-refractivity contribution in [2.75, 3.05) is 20.2 Å². The Morgan fingerprint density at radius 2 is 2.00 bits per heavy atom. The van der Waals surface area contributed by atoms with Crippen LogP contribution < -0.4 is 15.8 Å². The number of benzene rings is 1. The Bertz CT molecular complexity index is 483. The first kappa shape index (κ1) is 21.5. The van der Waals surface area contributed by atoms with Gasteiger partial charge in [-0.2, -0.15) is 0 Å². The van der Waals surface area contributed by atoms with Gasteiger partial charge < -0.3 is 20.5 Å². The number of ether oxygens (including phenoxy) is 2. The van der Waals surface area contributed by atoms with E-state index in [1.807, 2.05) is 0 Å². The molecule has 9 heteroatoms. The van der Waals surface area contributed by atoms with Gasteiger partial charge in [-0.1, -0.05) is 18.2 Å². The second kappa shape index (κ2) is 10.3. The SMILES string of the molecule is COC(CN)CC(=O)NCCc1ccccc1OC(F)(F)F.Cl. The molecule has 0 radical (unpaired) electrons.